The van der Waals surface area contributed by atoms with Gasteiger partial charge in [-0.2, -0.15) is 0 Å². The number of carboxylic acid groups (broad SMARTS) is 1. The molecule has 8 heteroatoms. The summed E-state index contributed by atoms with van der Waals surface area (Å²) < 4.78 is 0. The van der Waals surface area contributed by atoms with E-state index in [2.05, 4.69) is 34.3 Å². The van der Waals surface area contributed by atoms with Crippen LogP contribution in [0.3, 0.4) is 0 Å². The van der Waals surface area contributed by atoms with Gasteiger partial charge in [-0.05, 0) is 30.0 Å². The summed E-state index contributed by atoms with van der Waals surface area (Å²) in [5.41, 5.74) is 1.20. The number of hydrogen-bond acceptors (Lipinski definition) is 5. The van der Waals surface area contributed by atoms with Gasteiger partial charge < -0.3 is 20.6 Å². The van der Waals surface area contributed by atoms with E-state index in [4.69, 9.17) is 0 Å². The first-order valence-corrected chi connectivity index (χ1v) is 10.6. The Morgan fingerprint density at radius 1 is 1.00 bits per heavy atom. The Labute approximate surface area is 178 Å². The van der Waals surface area contributed by atoms with Crippen molar-refractivity contribution in [3.8, 4) is 0 Å². The molecule has 1 aliphatic heterocycles. The van der Waals surface area contributed by atoms with Crippen LogP contribution in [0.4, 0.5) is 11.4 Å². The highest BCUT2D eigenvalue weighted by atomic mass is 16.4. The zero-order valence-corrected chi connectivity index (χ0v) is 18.4. The van der Waals surface area contributed by atoms with E-state index in [0.717, 1.165) is 18.8 Å². The van der Waals surface area contributed by atoms with Crippen LogP contribution in [0, 0.1) is 11.8 Å². The van der Waals surface area contributed by atoms with Gasteiger partial charge in [-0.25, -0.2) is 4.79 Å². The fraction of sp³-hybridized carbons (Fsp3) is 0.591. The summed E-state index contributed by atoms with van der Waals surface area (Å²) in [5, 5.41) is 15.2. The normalized spacial score (nSPS) is 14.8. The Balaban J connectivity index is 1.97. The molecule has 0 unspecified atom stereocenters. The molecule has 0 atom stereocenters. The maximum absolute atomic E-state index is 12.0. The third-order valence-electron chi connectivity index (χ3n) is 4.91. The molecule has 1 aromatic rings. The summed E-state index contributed by atoms with van der Waals surface area (Å²) in [7, 11) is 0. The van der Waals surface area contributed by atoms with Crippen LogP contribution in [0.15, 0.2) is 18.2 Å². The molecule has 0 aliphatic carbocycles. The minimum Gasteiger partial charge on any atom is -0.478 e. The summed E-state index contributed by atoms with van der Waals surface area (Å²) in [4.78, 5) is 40.0. The van der Waals surface area contributed by atoms with Gasteiger partial charge in [0.15, 0.2) is 0 Å². The van der Waals surface area contributed by atoms with Crippen molar-refractivity contribution in [2.45, 2.75) is 34.1 Å². The monoisotopic (exact) mass is 418 g/mol. The van der Waals surface area contributed by atoms with E-state index in [1.54, 1.807) is 12.1 Å². The first kappa shape index (κ1) is 23.7. The van der Waals surface area contributed by atoms with E-state index >= 15 is 0 Å². The lowest BCUT2D eigenvalue weighted by Crippen LogP contribution is -2.49. The van der Waals surface area contributed by atoms with Crippen molar-refractivity contribution in [1.82, 2.24) is 10.2 Å². The standard InChI is InChI=1S/C22H34N4O4/c1-15(2)11-20(27)24-19-6-5-17(12-18(19)22(29)30)26-9-7-25(8-10-26)14-21(28)23-13-16(3)4/h5-6,12,15-16H,7-11,13-14H2,1-4H3,(H,23,28)(H,24,27)(H,29,30). The van der Waals surface area contributed by atoms with Gasteiger partial charge in [0.25, 0.3) is 0 Å². The van der Waals surface area contributed by atoms with Gasteiger partial charge in [-0.1, -0.05) is 27.7 Å². The van der Waals surface area contributed by atoms with Crippen LogP contribution in [0.5, 0.6) is 0 Å². The summed E-state index contributed by atoms with van der Waals surface area (Å²) >= 11 is 0. The molecular formula is C22H34N4O4. The summed E-state index contributed by atoms with van der Waals surface area (Å²) in [6.07, 6.45) is 0.341. The van der Waals surface area contributed by atoms with Gasteiger partial charge in [0.05, 0.1) is 17.8 Å². The van der Waals surface area contributed by atoms with E-state index in [9.17, 15) is 19.5 Å². The molecule has 2 amide bonds. The third kappa shape index (κ3) is 7.33. The molecule has 0 radical (unpaired) electrons. The number of amides is 2. The van der Waals surface area contributed by atoms with Crippen LogP contribution in [-0.4, -0.2) is 67.1 Å². The Kier molecular flexibility index (Phi) is 8.65. The molecule has 0 spiro atoms. The number of piperazine rings is 1. The number of nitrogens with one attached hydrogen (secondary N) is 2. The Morgan fingerprint density at radius 3 is 2.23 bits per heavy atom. The van der Waals surface area contributed by atoms with E-state index in [-0.39, 0.29) is 23.3 Å². The molecule has 1 aliphatic rings. The number of anilines is 2. The lowest BCUT2D eigenvalue weighted by atomic mass is 10.1. The Bertz CT molecular complexity index is 756. The summed E-state index contributed by atoms with van der Waals surface area (Å²) in [6.45, 7) is 11.9. The number of carboxylic acids is 1. The first-order chi connectivity index (χ1) is 14.2. The van der Waals surface area contributed by atoms with Gasteiger partial charge in [0.1, 0.15) is 0 Å². The number of nitrogens with zero attached hydrogens (tertiary/aromatic N) is 2. The molecule has 166 valence electrons. The van der Waals surface area contributed by atoms with Crippen LogP contribution >= 0.6 is 0 Å². The number of benzene rings is 1. The Hall–Kier alpha value is -2.61. The third-order valence-corrected chi connectivity index (χ3v) is 4.91. The number of aromatic carboxylic acids is 1. The lowest BCUT2D eigenvalue weighted by Gasteiger charge is -2.36. The van der Waals surface area contributed by atoms with Crippen molar-refractivity contribution in [3.05, 3.63) is 23.8 Å². The number of carbonyl (C=O) groups excluding carboxylic acids is 2. The van der Waals surface area contributed by atoms with Crippen LogP contribution in [0.2, 0.25) is 0 Å². The van der Waals surface area contributed by atoms with Crippen LogP contribution < -0.4 is 15.5 Å². The van der Waals surface area contributed by atoms with Crippen molar-refractivity contribution >= 4 is 29.2 Å². The smallest absolute Gasteiger partial charge is 0.337 e. The molecule has 1 fully saturated rings. The second kappa shape index (κ2) is 11.0. The van der Waals surface area contributed by atoms with Crippen molar-refractivity contribution in [3.63, 3.8) is 0 Å². The summed E-state index contributed by atoms with van der Waals surface area (Å²) in [6, 6.07) is 5.10. The van der Waals surface area contributed by atoms with Crippen molar-refractivity contribution in [1.29, 1.82) is 0 Å². The molecular weight excluding hydrogens is 384 g/mol. The second-order valence-electron chi connectivity index (χ2n) is 8.64. The second-order valence-corrected chi connectivity index (χ2v) is 8.64. The lowest BCUT2D eigenvalue weighted by molar-refractivity contribution is -0.122. The fourth-order valence-corrected chi connectivity index (χ4v) is 3.33. The minimum absolute atomic E-state index is 0.0341. The zero-order chi connectivity index (χ0) is 22.3. The zero-order valence-electron chi connectivity index (χ0n) is 18.4. The van der Waals surface area contributed by atoms with Crippen molar-refractivity contribution in [2.75, 3.05) is 49.5 Å². The fourth-order valence-electron chi connectivity index (χ4n) is 3.33. The molecule has 1 saturated heterocycles. The maximum atomic E-state index is 12.0. The summed E-state index contributed by atoms with van der Waals surface area (Å²) in [5.74, 6) is -0.609. The Morgan fingerprint density at radius 2 is 1.67 bits per heavy atom. The van der Waals surface area contributed by atoms with E-state index in [1.165, 1.54) is 0 Å². The largest absolute Gasteiger partial charge is 0.478 e. The topological polar surface area (TPSA) is 102 Å². The molecule has 3 N–H and O–H groups in total. The average Bonchev–Trinajstić information content (AvgIpc) is 2.66. The van der Waals surface area contributed by atoms with Crippen LogP contribution in [0.1, 0.15) is 44.5 Å². The van der Waals surface area contributed by atoms with Gasteiger partial charge in [0, 0.05) is 44.8 Å². The predicted molar refractivity (Wildman–Crippen MR) is 118 cm³/mol. The number of rotatable bonds is 9. The minimum atomic E-state index is -1.07. The van der Waals surface area contributed by atoms with Crippen LogP contribution in [0.25, 0.3) is 0 Å². The van der Waals surface area contributed by atoms with E-state index in [0.29, 0.717) is 44.2 Å². The van der Waals surface area contributed by atoms with Gasteiger partial charge in [-0.3, -0.25) is 14.5 Å². The maximum Gasteiger partial charge on any atom is 0.337 e. The molecule has 30 heavy (non-hydrogen) atoms. The molecule has 2 rings (SSSR count). The quantitative estimate of drug-likeness (QED) is 0.569. The molecule has 0 aromatic heterocycles. The molecule has 1 aromatic carbocycles. The number of carbonyl (C=O) groups is 3. The van der Waals surface area contributed by atoms with E-state index in [1.807, 2.05) is 19.9 Å². The van der Waals surface area contributed by atoms with Crippen molar-refractivity contribution < 1.29 is 19.5 Å². The highest BCUT2D eigenvalue weighted by molar-refractivity contribution is 6.01. The molecule has 0 saturated carbocycles. The van der Waals surface area contributed by atoms with Gasteiger partial charge >= 0.3 is 5.97 Å². The molecule has 0 bridgehead atoms. The van der Waals surface area contributed by atoms with Crippen LogP contribution in [-0.2, 0) is 9.59 Å². The highest BCUT2D eigenvalue weighted by Gasteiger charge is 2.21. The first-order valence-electron chi connectivity index (χ1n) is 10.6. The van der Waals surface area contributed by atoms with Crippen molar-refractivity contribution in [2.24, 2.45) is 11.8 Å². The van der Waals surface area contributed by atoms with E-state index < -0.39 is 5.97 Å². The molecule has 1 heterocycles. The van der Waals surface area contributed by atoms with Gasteiger partial charge in [0.2, 0.25) is 11.8 Å². The highest BCUT2D eigenvalue weighted by Crippen LogP contribution is 2.25. The average molecular weight is 419 g/mol. The molecule has 8 nitrogen and oxygen atoms in total. The predicted octanol–water partition coefficient (Wildman–Crippen LogP) is 2.26. The number of hydrogen-bond donors (Lipinski definition) is 3. The SMILES string of the molecule is CC(C)CNC(=O)CN1CCN(c2ccc(NC(=O)CC(C)C)c(C(=O)O)c2)CC1. The van der Waals surface area contributed by atoms with Gasteiger partial charge in [-0.15, -0.1) is 0 Å².